The highest BCUT2D eigenvalue weighted by Gasteiger charge is 2.41. The summed E-state index contributed by atoms with van der Waals surface area (Å²) in [5.74, 6) is -0.370. The van der Waals surface area contributed by atoms with Crippen LogP contribution in [0.4, 0.5) is 11.4 Å². The standard InChI is InChI=1S/C14H18N2O4/c1-10-5-7-14(8-6-10,13(17)18)15-11-3-2-4-12(9-11)16(19)20/h2-4,9-10,15H,5-8H2,1H3,(H,17,18). The summed E-state index contributed by atoms with van der Waals surface area (Å²) in [6.45, 7) is 2.11. The van der Waals surface area contributed by atoms with E-state index in [1.807, 2.05) is 0 Å². The normalized spacial score (nSPS) is 25.9. The van der Waals surface area contributed by atoms with E-state index in [2.05, 4.69) is 12.2 Å². The van der Waals surface area contributed by atoms with Crippen LogP contribution in [0.1, 0.15) is 32.6 Å². The predicted molar refractivity (Wildman–Crippen MR) is 74.7 cm³/mol. The molecule has 0 atom stereocenters. The fourth-order valence-electron chi connectivity index (χ4n) is 2.62. The molecule has 0 bridgehead atoms. The molecule has 1 saturated carbocycles. The van der Waals surface area contributed by atoms with Gasteiger partial charge in [-0.15, -0.1) is 0 Å². The van der Waals surface area contributed by atoms with Crippen molar-refractivity contribution in [3.63, 3.8) is 0 Å². The van der Waals surface area contributed by atoms with Crippen LogP contribution < -0.4 is 5.32 Å². The summed E-state index contributed by atoms with van der Waals surface area (Å²) < 4.78 is 0. The third-order valence-corrected chi connectivity index (χ3v) is 3.98. The van der Waals surface area contributed by atoms with E-state index in [1.165, 1.54) is 12.1 Å². The summed E-state index contributed by atoms with van der Waals surface area (Å²) in [5, 5.41) is 23.3. The molecule has 1 aliphatic carbocycles. The number of hydrogen-bond donors (Lipinski definition) is 2. The highest BCUT2D eigenvalue weighted by atomic mass is 16.6. The Morgan fingerprint density at radius 2 is 2.10 bits per heavy atom. The quantitative estimate of drug-likeness (QED) is 0.652. The van der Waals surface area contributed by atoms with Gasteiger partial charge in [-0.25, -0.2) is 4.79 Å². The predicted octanol–water partition coefficient (Wildman–Crippen LogP) is 3.04. The van der Waals surface area contributed by atoms with Gasteiger partial charge in [0.1, 0.15) is 5.54 Å². The van der Waals surface area contributed by atoms with Gasteiger partial charge in [0.15, 0.2) is 0 Å². The number of benzene rings is 1. The number of rotatable bonds is 4. The van der Waals surface area contributed by atoms with Crippen molar-refractivity contribution < 1.29 is 14.8 Å². The van der Waals surface area contributed by atoms with Crippen molar-refractivity contribution in [2.45, 2.75) is 38.1 Å². The molecule has 0 saturated heterocycles. The second-order valence-corrected chi connectivity index (χ2v) is 5.50. The molecule has 1 fully saturated rings. The number of nitro groups is 1. The minimum atomic E-state index is -1.01. The summed E-state index contributed by atoms with van der Waals surface area (Å²) >= 11 is 0. The maximum atomic E-state index is 11.6. The zero-order valence-electron chi connectivity index (χ0n) is 11.3. The molecule has 2 N–H and O–H groups in total. The minimum absolute atomic E-state index is 0.0419. The first-order chi connectivity index (χ1) is 9.43. The van der Waals surface area contributed by atoms with E-state index in [-0.39, 0.29) is 5.69 Å². The third kappa shape index (κ3) is 2.89. The highest BCUT2D eigenvalue weighted by molar-refractivity contribution is 5.83. The number of aliphatic carboxylic acids is 1. The molecule has 0 aliphatic heterocycles. The molecule has 0 heterocycles. The van der Waals surface area contributed by atoms with E-state index in [0.29, 0.717) is 24.4 Å². The van der Waals surface area contributed by atoms with E-state index in [1.54, 1.807) is 12.1 Å². The molecular weight excluding hydrogens is 260 g/mol. The Kier molecular flexibility index (Phi) is 3.92. The van der Waals surface area contributed by atoms with E-state index in [4.69, 9.17) is 0 Å². The van der Waals surface area contributed by atoms with Crippen molar-refractivity contribution in [3.05, 3.63) is 34.4 Å². The lowest BCUT2D eigenvalue weighted by Gasteiger charge is -2.37. The van der Waals surface area contributed by atoms with Crippen LogP contribution in [-0.4, -0.2) is 21.5 Å². The number of carboxylic acids is 1. The van der Waals surface area contributed by atoms with Crippen LogP contribution in [0.15, 0.2) is 24.3 Å². The van der Waals surface area contributed by atoms with Gasteiger partial charge in [-0.1, -0.05) is 13.0 Å². The van der Waals surface area contributed by atoms with E-state index < -0.39 is 16.4 Å². The Hall–Kier alpha value is -2.11. The molecule has 0 aromatic heterocycles. The van der Waals surface area contributed by atoms with Crippen molar-refractivity contribution in [1.82, 2.24) is 0 Å². The molecule has 108 valence electrons. The van der Waals surface area contributed by atoms with Gasteiger partial charge in [0, 0.05) is 17.8 Å². The highest BCUT2D eigenvalue weighted by Crippen LogP contribution is 2.35. The number of nitro benzene ring substituents is 1. The lowest BCUT2D eigenvalue weighted by Crippen LogP contribution is -2.48. The van der Waals surface area contributed by atoms with Crippen molar-refractivity contribution in [1.29, 1.82) is 0 Å². The number of carboxylic acid groups (broad SMARTS) is 1. The van der Waals surface area contributed by atoms with Gasteiger partial charge in [0.25, 0.3) is 5.69 Å². The Morgan fingerprint density at radius 1 is 1.45 bits per heavy atom. The molecule has 1 aromatic rings. The molecule has 1 aliphatic rings. The van der Waals surface area contributed by atoms with Crippen LogP contribution >= 0.6 is 0 Å². The van der Waals surface area contributed by atoms with Gasteiger partial charge >= 0.3 is 5.97 Å². The summed E-state index contributed by atoms with van der Waals surface area (Å²) in [5.41, 5.74) is -0.572. The van der Waals surface area contributed by atoms with Gasteiger partial charge in [-0.2, -0.15) is 0 Å². The van der Waals surface area contributed by atoms with Crippen LogP contribution in [0.2, 0.25) is 0 Å². The third-order valence-electron chi connectivity index (χ3n) is 3.98. The molecule has 0 radical (unpaired) electrons. The summed E-state index contributed by atoms with van der Waals surface area (Å²) in [6.07, 6.45) is 2.75. The molecule has 6 heteroatoms. The van der Waals surface area contributed by atoms with Crippen LogP contribution in [0, 0.1) is 16.0 Å². The van der Waals surface area contributed by atoms with Crippen molar-refractivity contribution in [2.75, 3.05) is 5.32 Å². The Balaban J connectivity index is 2.23. The van der Waals surface area contributed by atoms with Gasteiger partial charge in [0.05, 0.1) is 4.92 Å². The number of hydrogen-bond acceptors (Lipinski definition) is 4. The first-order valence-electron chi connectivity index (χ1n) is 6.69. The van der Waals surface area contributed by atoms with E-state index in [9.17, 15) is 20.0 Å². The number of nitrogens with one attached hydrogen (secondary N) is 1. The smallest absolute Gasteiger partial charge is 0.329 e. The topological polar surface area (TPSA) is 92.5 Å². The molecule has 20 heavy (non-hydrogen) atoms. The average molecular weight is 278 g/mol. The zero-order valence-corrected chi connectivity index (χ0v) is 11.3. The number of nitrogens with zero attached hydrogens (tertiary/aromatic N) is 1. The second kappa shape index (κ2) is 5.48. The Bertz CT molecular complexity index is 522. The first-order valence-corrected chi connectivity index (χ1v) is 6.69. The lowest BCUT2D eigenvalue weighted by atomic mass is 9.77. The molecule has 0 amide bonds. The van der Waals surface area contributed by atoms with Crippen molar-refractivity contribution in [2.24, 2.45) is 5.92 Å². The fourth-order valence-corrected chi connectivity index (χ4v) is 2.62. The minimum Gasteiger partial charge on any atom is -0.480 e. The second-order valence-electron chi connectivity index (χ2n) is 5.50. The lowest BCUT2D eigenvalue weighted by molar-refractivity contribution is -0.384. The van der Waals surface area contributed by atoms with Crippen LogP contribution in [-0.2, 0) is 4.79 Å². The summed E-state index contributed by atoms with van der Waals surface area (Å²) in [7, 11) is 0. The molecular formula is C14H18N2O4. The van der Waals surface area contributed by atoms with Crippen molar-refractivity contribution >= 4 is 17.3 Å². The van der Waals surface area contributed by atoms with E-state index >= 15 is 0 Å². The first kappa shape index (κ1) is 14.3. The maximum Gasteiger partial charge on any atom is 0.329 e. The number of carbonyl (C=O) groups is 1. The van der Waals surface area contributed by atoms with E-state index in [0.717, 1.165) is 12.8 Å². The van der Waals surface area contributed by atoms with Crippen molar-refractivity contribution in [3.8, 4) is 0 Å². The summed E-state index contributed by atoms with van der Waals surface area (Å²) in [6, 6.07) is 5.99. The monoisotopic (exact) mass is 278 g/mol. The SMILES string of the molecule is CC1CCC(Nc2cccc([N+](=O)[O-])c2)(C(=O)O)CC1. The number of non-ortho nitro benzene ring substituents is 1. The molecule has 1 aromatic carbocycles. The number of anilines is 1. The van der Waals surface area contributed by atoms with Crippen LogP contribution in [0.3, 0.4) is 0 Å². The fraction of sp³-hybridized carbons (Fsp3) is 0.500. The Labute approximate surface area is 117 Å². The average Bonchev–Trinajstić information content (AvgIpc) is 2.41. The van der Waals surface area contributed by atoms with Gasteiger partial charge in [0.2, 0.25) is 0 Å². The maximum absolute atomic E-state index is 11.6. The largest absolute Gasteiger partial charge is 0.480 e. The van der Waals surface area contributed by atoms with Crippen LogP contribution in [0.25, 0.3) is 0 Å². The summed E-state index contributed by atoms with van der Waals surface area (Å²) in [4.78, 5) is 21.9. The molecule has 2 rings (SSSR count). The van der Waals surface area contributed by atoms with Crippen LogP contribution in [0.5, 0.6) is 0 Å². The molecule has 0 spiro atoms. The van der Waals surface area contributed by atoms with Gasteiger partial charge in [-0.3, -0.25) is 10.1 Å². The Morgan fingerprint density at radius 3 is 2.65 bits per heavy atom. The van der Waals surface area contributed by atoms with Gasteiger partial charge in [-0.05, 0) is 37.7 Å². The molecule has 6 nitrogen and oxygen atoms in total. The zero-order chi connectivity index (χ0) is 14.8. The molecule has 0 unspecified atom stereocenters. The van der Waals surface area contributed by atoms with Gasteiger partial charge < -0.3 is 10.4 Å².